The van der Waals surface area contributed by atoms with Gasteiger partial charge in [0.2, 0.25) is 5.89 Å². The van der Waals surface area contributed by atoms with E-state index < -0.39 is 0 Å². The molecule has 2 N–H and O–H groups in total. The normalized spacial score (nSPS) is 10.8. The number of hydrogen-bond donors (Lipinski definition) is 1. The van der Waals surface area contributed by atoms with Gasteiger partial charge < -0.3 is 15.1 Å². The van der Waals surface area contributed by atoms with Crippen LogP contribution in [0.4, 0.5) is 0 Å². The van der Waals surface area contributed by atoms with Crippen molar-refractivity contribution in [3.63, 3.8) is 0 Å². The zero-order valence-electron chi connectivity index (χ0n) is 16.6. The monoisotopic (exact) mass is 400 g/mol. The molecule has 2 aromatic heterocycles. The van der Waals surface area contributed by atoms with Crippen LogP contribution in [-0.4, -0.2) is 45.1 Å². The van der Waals surface area contributed by atoms with Crippen LogP contribution in [0, 0.1) is 0 Å². The van der Waals surface area contributed by atoms with E-state index in [1.54, 1.807) is 38.6 Å². The van der Waals surface area contributed by atoms with Crippen LogP contribution < -0.4 is 5.73 Å². The van der Waals surface area contributed by atoms with E-state index in [0.29, 0.717) is 29.4 Å². The fourth-order valence-corrected chi connectivity index (χ4v) is 2.88. The van der Waals surface area contributed by atoms with Crippen molar-refractivity contribution in [3.05, 3.63) is 72.1 Å². The molecule has 30 heavy (non-hydrogen) atoms. The number of carbonyl (C=O) groups is 1. The van der Waals surface area contributed by atoms with Crippen LogP contribution in [0.3, 0.4) is 0 Å². The Morgan fingerprint density at radius 2 is 1.53 bits per heavy atom. The molecule has 0 aliphatic heterocycles. The number of rotatable bonds is 5. The Balaban J connectivity index is 1.59. The molecule has 2 heterocycles. The summed E-state index contributed by atoms with van der Waals surface area (Å²) in [4.78, 5) is 22.4. The number of hydrogen-bond acceptors (Lipinski definition) is 7. The molecule has 8 nitrogen and oxygen atoms in total. The quantitative estimate of drug-likeness (QED) is 0.548. The van der Waals surface area contributed by atoms with Crippen molar-refractivity contribution in [1.29, 1.82) is 0 Å². The molecule has 0 radical (unpaired) electrons. The lowest BCUT2D eigenvalue weighted by atomic mass is 10.1. The molecule has 0 bridgehead atoms. The van der Waals surface area contributed by atoms with Crippen molar-refractivity contribution in [2.45, 2.75) is 6.54 Å². The summed E-state index contributed by atoms with van der Waals surface area (Å²) in [5, 5.41) is 8.21. The molecule has 0 unspecified atom stereocenters. The summed E-state index contributed by atoms with van der Waals surface area (Å²) in [6.45, 7) is 0.474. The predicted octanol–water partition coefficient (Wildman–Crippen LogP) is 3.02. The number of amides is 1. The molecular weight excluding hydrogens is 380 g/mol. The Morgan fingerprint density at radius 3 is 2.20 bits per heavy atom. The molecule has 4 aromatic rings. The van der Waals surface area contributed by atoms with E-state index in [4.69, 9.17) is 10.2 Å². The third-order valence-corrected chi connectivity index (χ3v) is 4.55. The summed E-state index contributed by atoms with van der Waals surface area (Å²) in [6, 6.07) is 14.8. The highest BCUT2D eigenvalue weighted by Gasteiger charge is 2.14. The highest BCUT2D eigenvalue weighted by Crippen LogP contribution is 2.25. The van der Waals surface area contributed by atoms with Crippen molar-refractivity contribution in [3.8, 4) is 34.3 Å². The van der Waals surface area contributed by atoms with Crippen molar-refractivity contribution in [1.82, 2.24) is 25.1 Å². The summed E-state index contributed by atoms with van der Waals surface area (Å²) >= 11 is 0. The molecule has 0 fully saturated rings. The van der Waals surface area contributed by atoms with E-state index in [9.17, 15) is 4.79 Å². The average Bonchev–Trinajstić information content (AvgIpc) is 3.29. The lowest BCUT2D eigenvalue weighted by Crippen LogP contribution is -2.21. The number of carbonyl (C=O) groups excluding carboxylic acids is 1. The predicted molar refractivity (Wildman–Crippen MR) is 112 cm³/mol. The molecular formula is C22H20N6O2. The van der Waals surface area contributed by atoms with E-state index in [2.05, 4.69) is 20.2 Å². The highest BCUT2D eigenvalue weighted by atomic mass is 16.4. The third-order valence-electron chi connectivity index (χ3n) is 4.55. The smallest absolute Gasteiger partial charge is 0.268 e. The summed E-state index contributed by atoms with van der Waals surface area (Å²) in [5.41, 5.74) is 10.0. The van der Waals surface area contributed by atoms with Crippen LogP contribution in [0.2, 0.25) is 0 Å². The average molecular weight is 400 g/mol. The van der Waals surface area contributed by atoms with Gasteiger partial charge in [-0.15, -0.1) is 10.2 Å². The van der Waals surface area contributed by atoms with Gasteiger partial charge in [0.1, 0.15) is 5.69 Å². The maximum Gasteiger partial charge on any atom is 0.268 e. The summed E-state index contributed by atoms with van der Waals surface area (Å²) in [7, 11) is 3.44. The largest absolute Gasteiger partial charge is 0.415 e. The van der Waals surface area contributed by atoms with E-state index in [1.165, 1.54) is 4.90 Å². The molecule has 8 heteroatoms. The van der Waals surface area contributed by atoms with E-state index in [-0.39, 0.29) is 11.8 Å². The van der Waals surface area contributed by atoms with Gasteiger partial charge >= 0.3 is 0 Å². The standard InChI is InChI=1S/C22H20N6O2/c1-28(2)22(29)17-9-7-15(8-10-17)18-12-24-13-19(25-18)21-27-26-20(30-21)16-5-3-14(11-23)4-6-16/h3-10,12-13H,11,23H2,1-2H3. The third kappa shape index (κ3) is 3.94. The van der Waals surface area contributed by atoms with Gasteiger partial charge in [-0.1, -0.05) is 24.3 Å². The van der Waals surface area contributed by atoms with Gasteiger partial charge in [0.15, 0.2) is 0 Å². The zero-order valence-corrected chi connectivity index (χ0v) is 16.6. The van der Waals surface area contributed by atoms with Gasteiger partial charge in [-0.05, 0) is 29.8 Å². The Bertz CT molecular complexity index is 1170. The first-order chi connectivity index (χ1) is 14.5. The lowest BCUT2D eigenvalue weighted by molar-refractivity contribution is 0.0827. The van der Waals surface area contributed by atoms with Crippen LogP contribution in [-0.2, 0) is 6.54 Å². The minimum atomic E-state index is -0.0562. The Labute approximate surface area is 173 Å². The lowest BCUT2D eigenvalue weighted by Gasteiger charge is -2.10. The highest BCUT2D eigenvalue weighted by molar-refractivity contribution is 5.94. The van der Waals surface area contributed by atoms with Crippen molar-refractivity contribution in [2.24, 2.45) is 5.73 Å². The SMILES string of the molecule is CN(C)C(=O)c1ccc(-c2cncc(-c3nnc(-c4ccc(CN)cc4)o3)n2)cc1. The second-order valence-corrected chi connectivity index (χ2v) is 6.88. The molecule has 1 amide bonds. The Morgan fingerprint density at radius 1 is 0.900 bits per heavy atom. The van der Waals surface area contributed by atoms with Gasteiger partial charge in [0, 0.05) is 37.3 Å². The van der Waals surface area contributed by atoms with Gasteiger partial charge in [0.25, 0.3) is 11.8 Å². The van der Waals surface area contributed by atoms with E-state index >= 15 is 0 Å². The summed E-state index contributed by atoms with van der Waals surface area (Å²) in [5.74, 6) is 0.619. The van der Waals surface area contributed by atoms with Crippen LogP contribution in [0.5, 0.6) is 0 Å². The maximum atomic E-state index is 12.1. The first-order valence-corrected chi connectivity index (χ1v) is 9.32. The number of aromatic nitrogens is 4. The second-order valence-electron chi connectivity index (χ2n) is 6.88. The number of nitrogens with two attached hydrogens (primary N) is 1. The van der Waals surface area contributed by atoms with E-state index in [1.807, 2.05) is 36.4 Å². The molecule has 0 atom stereocenters. The molecule has 150 valence electrons. The van der Waals surface area contributed by atoms with Crippen LogP contribution in [0.1, 0.15) is 15.9 Å². The van der Waals surface area contributed by atoms with Crippen molar-refractivity contribution >= 4 is 5.91 Å². The molecule has 0 aliphatic carbocycles. The van der Waals surface area contributed by atoms with E-state index in [0.717, 1.165) is 16.7 Å². The van der Waals surface area contributed by atoms with Crippen LogP contribution >= 0.6 is 0 Å². The molecule has 0 aliphatic rings. The van der Waals surface area contributed by atoms with Crippen molar-refractivity contribution < 1.29 is 9.21 Å². The molecule has 4 rings (SSSR count). The molecule has 0 spiro atoms. The van der Waals surface area contributed by atoms with Gasteiger partial charge in [-0.25, -0.2) is 4.98 Å². The molecule has 0 saturated heterocycles. The first-order valence-electron chi connectivity index (χ1n) is 9.32. The zero-order chi connectivity index (χ0) is 21.1. The van der Waals surface area contributed by atoms with Crippen LogP contribution in [0.25, 0.3) is 34.3 Å². The molecule has 0 saturated carbocycles. The van der Waals surface area contributed by atoms with Crippen LogP contribution in [0.15, 0.2) is 65.3 Å². The Kier molecular flexibility index (Phi) is 5.32. The number of nitrogens with zero attached hydrogens (tertiary/aromatic N) is 5. The molecule has 2 aromatic carbocycles. The van der Waals surface area contributed by atoms with Gasteiger partial charge in [-0.3, -0.25) is 9.78 Å². The Hall–Kier alpha value is -3.91. The first kappa shape index (κ1) is 19.4. The minimum absolute atomic E-state index is 0.0562. The fraction of sp³-hybridized carbons (Fsp3) is 0.136. The van der Waals surface area contributed by atoms with Gasteiger partial charge in [0.05, 0.1) is 18.1 Å². The number of benzene rings is 2. The van der Waals surface area contributed by atoms with Gasteiger partial charge in [-0.2, -0.15) is 0 Å². The fourth-order valence-electron chi connectivity index (χ4n) is 2.88. The summed E-state index contributed by atoms with van der Waals surface area (Å²) in [6.07, 6.45) is 3.22. The minimum Gasteiger partial charge on any atom is -0.415 e. The topological polar surface area (TPSA) is 111 Å². The second kappa shape index (κ2) is 8.22. The summed E-state index contributed by atoms with van der Waals surface area (Å²) < 4.78 is 5.79. The van der Waals surface area contributed by atoms with Crippen molar-refractivity contribution in [2.75, 3.05) is 14.1 Å². The maximum absolute atomic E-state index is 12.1.